The number of rotatable bonds is 7. The van der Waals surface area contributed by atoms with Gasteiger partial charge in [-0.25, -0.2) is 9.59 Å². The molecule has 144 valence electrons. The van der Waals surface area contributed by atoms with E-state index in [0.29, 0.717) is 30.2 Å². The van der Waals surface area contributed by atoms with Gasteiger partial charge in [0.1, 0.15) is 18.9 Å². The molecule has 0 bridgehead atoms. The minimum absolute atomic E-state index is 0.0421. The van der Waals surface area contributed by atoms with E-state index in [1.165, 1.54) is 12.0 Å². The molecule has 3 rings (SSSR count). The monoisotopic (exact) mass is 375 g/mol. The Balaban J connectivity index is 1.83. The van der Waals surface area contributed by atoms with Crippen LogP contribution >= 0.6 is 0 Å². The molecule has 9 nitrogen and oxygen atoms in total. The van der Waals surface area contributed by atoms with E-state index in [4.69, 9.17) is 14.2 Å². The second-order valence-corrected chi connectivity index (χ2v) is 6.02. The number of nitrogens with one attached hydrogen (secondary N) is 2. The Morgan fingerprint density at radius 2 is 2.04 bits per heavy atom. The van der Waals surface area contributed by atoms with Crippen molar-refractivity contribution in [3.8, 4) is 5.75 Å². The molecule has 0 aliphatic carbocycles. The summed E-state index contributed by atoms with van der Waals surface area (Å²) >= 11 is 0. The minimum Gasteiger partial charge on any atom is -0.497 e. The molecular weight excluding hydrogens is 354 g/mol. The largest absolute Gasteiger partial charge is 0.497 e. The van der Waals surface area contributed by atoms with Gasteiger partial charge in [-0.3, -0.25) is 9.69 Å². The number of cyclic esters (lactones) is 1. The molecule has 9 heteroatoms. The first-order valence-corrected chi connectivity index (χ1v) is 8.43. The van der Waals surface area contributed by atoms with Crippen LogP contribution in [0.2, 0.25) is 0 Å². The molecule has 1 aromatic rings. The van der Waals surface area contributed by atoms with Gasteiger partial charge in [-0.05, 0) is 17.7 Å². The number of carbonyl (C=O) groups is 3. The average molecular weight is 375 g/mol. The van der Waals surface area contributed by atoms with Crippen molar-refractivity contribution in [2.24, 2.45) is 0 Å². The van der Waals surface area contributed by atoms with E-state index in [1.807, 2.05) is 0 Å². The number of carbonyl (C=O) groups excluding carboxylic acids is 3. The molecule has 2 N–H and O–H groups in total. The second kappa shape index (κ2) is 8.09. The van der Waals surface area contributed by atoms with Crippen LogP contribution in [0.15, 0.2) is 35.5 Å². The number of ether oxygens (including phenoxy) is 3. The SMILES string of the molecule is COCCNC(=O)CN1C(=O)N[C@@H](c2ccc(OC)cc2)C2=C1COC2=O. The molecule has 0 fully saturated rings. The number of esters is 1. The lowest BCUT2D eigenvalue weighted by atomic mass is 9.95. The molecule has 2 aliphatic rings. The molecule has 0 unspecified atom stereocenters. The summed E-state index contributed by atoms with van der Waals surface area (Å²) in [6.45, 7) is 0.452. The van der Waals surface area contributed by atoms with E-state index in [1.54, 1.807) is 31.4 Å². The van der Waals surface area contributed by atoms with Gasteiger partial charge in [-0.2, -0.15) is 0 Å². The normalized spacial score (nSPS) is 18.7. The van der Waals surface area contributed by atoms with Gasteiger partial charge in [0.2, 0.25) is 5.91 Å². The fourth-order valence-corrected chi connectivity index (χ4v) is 3.02. The number of urea groups is 1. The second-order valence-electron chi connectivity index (χ2n) is 6.02. The Morgan fingerprint density at radius 3 is 2.70 bits per heavy atom. The standard InChI is InChI=1S/C18H21N3O6/c1-25-8-7-19-14(22)9-21-13-10-27-17(23)15(13)16(20-18(21)24)11-3-5-12(26-2)6-4-11/h3-6,16H,7-10H2,1-2H3,(H,19,22)(H,20,24)/t16-/m0/s1. The van der Waals surface area contributed by atoms with Crippen molar-refractivity contribution in [1.82, 2.24) is 15.5 Å². The number of nitrogens with zero attached hydrogens (tertiary/aromatic N) is 1. The summed E-state index contributed by atoms with van der Waals surface area (Å²) in [6.07, 6.45) is 0. The van der Waals surface area contributed by atoms with Gasteiger partial charge in [0, 0.05) is 13.7 Å². The number of amides is 3. The third-order valence-corrected chi connectivity index (χ3v) is 4.38. The molecule has 2 aliphatic heterocycles. The number of methoxy groups -OCH3 is 2. The van der Waals surface area contributed by atoms with Crippen LogP contribution in [0.1, 0.15) is 11.6 Å². The van der Waals surface area contributed by atoms with Gasteiger partial charge in [0.05, 0.1) is 31.0 Å². The smallest absolute Gasteiger partial charge is 0.338 e. The molecule has 27 heavy (non-hydrogen) atoms. The highest BCUT2D eigenvalue weighted by Gasteiger charge is 2.42. The van der Waals surface area contributed by atoms with Gasteiger partial charge < -0.3 is 24.8 Å². The van der Waals surface area contributed by atoms with Crippen molar-refractivity contribution in [1.29, 1.82) is 0 Å². The summed E-state index contributed by atoms with van der Waals surface area (Å²) in [4.78, 5) is 38.2. The van der Waals surface area contributed by atoms with Crippen LogP contribution in [0.3, 0.4) is 0 Å². The summed E-state index contributed by atoms with van der Waals surface area (Å²) in [7, 11) is 3.09. The van der Waals surface area contributed by atoms with E-state index in [2.05, 4.69) is 10.6 Å². The third kappa shape index (κ3) is 3.87. The first-order valence-electron chi connectivity index (χ1n) is 8.43. The summed E-state index contributed by atoms with van der Waals surface area (Å²) in [5.74, 6) is -0.189. The van der Waals surface area contributed by atoms with Crippen LogP contribution in [0.5, 0.6) is 5.75 Å². The molecule has 1 aromatic carbocycles. The van der Waals surface area contributed by atoms with Crippen molar-refractivity contribution in [2.45, 2.75) is 6.04 Å². The summed E-state index contributed by atoms with van der Waals surface area (Å²) < 4.78 is 15.1. The summed E-state index contributed by atoms with van der Waals surface area (Å²) in [6, 6.07) is 5.94. The van der Waals surface area contributed by atoms with E-state index < -0.39 is 18.0 Å². The summed E-state index contributed by atoms with van der Waals surface area (Å²) in [5.41, 5.74) is 1.47. The lowest BCUT2D eigenvalue weighted by Gasteiger charge is -2.32. The van der Waals surface area contributed by atoms with Gasteiger partial charge in [0.25, 0.3) is 0 Å². The lowest BCUT2D eigenvalue weighted by molar-refractivity contribution is -0.136. The maximum Gasteiger partial charge on any atom is 0.338 e. The topological polar surface area (TPSA) is 106 Å². The van der Waals surface area contributed by atoms with Gasteiger partial charge in [-0.15, -0.1) is 0 Å². The van der Waals surface area contributed by atoms with E-state index >= 15 is 0 Å². The van der Waals surface area contributed by atoms with Crippen LogP contribution in [-0.2, 0) is 19.1 Å². The average Bonchev–Trinajstić information content (AvgIpc) is 3.06. The lowest BCUT2D eigenvalue weighted by Crippen LogP contribution is -2.50. The van der Waals surface area contributed by atoms with Gasteiger partial charge in [0.15, 0.2) is 0 Å². The molecule has 2 heterocycles. The number of hydrogen-bond donors (Lipinski definition) is 2. The Labute approximate surface area is 156 Å². The highest BCUT2D eigenvalue weighted by atomic mass is 16.5. The van der Waals surface area contributed by atoms with Gasteiger partial charge >= 0.3 is 12.0 Å². The zero-order valence-corrected chi connectivity index (χ0v) is 15.1. The zero-order chi connectivity index (χ0) is 19.4. The first kappa shape index (κ1) is 18.7. The van der Waals surface area contributed by atoms with Crippen LogP contribution < -0.4 is 15.4 Å². The molecule has 0 radical (unpaired) electrons. The van der Waals surface area contributed by atoms with Gasteiger partial charge in [-0.1, -0.05) is 12.1 Å². The van der Waals surface area contributed by atoms with Crippen molar-refractivity contribution >= 4 is 17.9 Å². The van der Waals surface area contributed by atoms with E-state index in [-0.39, 0.29) is 19.1 Å². The number of benzene rings is 1. The minimum atomic E-state index is -0.638. The Kier molecular flexibility index (Phi) is 5.60. The number of hydrogen-bond acceptors (Lipinski definition) is 6. The highest BCUT2D eigenvalue weighted by Crippen LogP contribution is 2.35. The Hall–Kier alpha value is -3.07. The maximum absolute atomic E-state index is 12.6. The molecule has 0 saturated carbocycles. The predicted octanol–water partition coefficient (Wildman–Crippen LogP) is 0.335. The maximum atomic E-state index is 12.6. The van der Waals surface area contributed by atoms with E-state index in [0.717, 1.165) is 5.56 Å². The van der Waals surface area contributed by atoms with Crippen LogP contribution in [-0.4, -0.2) is 63.3 Å². The Morgan fingerprint density at radius 1 is 1.30 bits per heavy atom. The highest BCUT2D eigenvalue weighted by molar-refractivity contribution is 5.98. The molecule has 3 amide bonds. The van der Waals surface area contributed by atoms with Crippen LogP contribution in [0.4, 0.5) is 4.79 Å². The van der Waals surface area contributed by atoms with Crippen molar-refractivity contribution in [2.75, 3.05) is 40.5 Å². The van der Waals surface area contributed by atoms with Crippen LogP contribution in [0.25, 0.3) is 0 Å². The van der Waals surface area contributed by atoms with Crippen molar-refractivity contribution in [3.63, 3.8) is 0 Å². The molecule has 0 spiro atoms. The molecular formula is C18H21N3O6. The molecule has 0 aromatic heterocycles. The fourth-order valence-electron chi connectivity index (χ4n) is 3.02. The third-order valence-electron chi connectivity index (χ3n) is 4.38. The zero-order valence-electron chi connectivity index (χ0n) is 15.1. The quantitative estimate of drug-likeness (QED) is 0.526. The van der Waals surface area contributed by atoms with Crippen molar-refractivity contribution in [3.05, 3.63) is 41.1 Å². The Bertz CT molecular complexity index is 774. The first-order chi connectivity index (χ1) is 13.0. The van der Waals surface area contributed by atoms with Crippen molar-refractivity contribution < 1.29 is 28.6 Å². The predicted molar refractivity (Wildman–Crippen MR) is 93.8 cm³/mol. The fraction of sp³-hybridized carbons (Fsp3) is 0.389. The van der Waals surface area contributed by atoms with E-state index in [9.17, 15) is 14.4 Å². The molecule has 0 saturated heterocycles. The molecule has 1 atom stereocenters. The summed E-state index contributed by atoms with van der Waals surface area (Å²) in [5, 5.41) is 5.43. The van der Waals surface area contributed by atoms with Crippen LogP contribution in [0, 0.1) is 0 Å².